The summed E-state index contributed by atoms with van der Waals surface area (Å²) in [6, 6.07) is 7.53. The number of halogens is 2. The van der Waals surface area contributed by atoms with E-state index >= 15 is 0 Å². The summed E-state index contributed by atoms with van der Waals surface area (Å²) in [4.78, 5) is 11.4. The van der Waals surface area contributed by atoms with Crippen LogP contribution in [0.3, 0.4) is 0 Å². The van der Waals surface area contributed by atoms with E-state index in [2.05, 4.69) is 5.32 Å². The van der Waals surface area contributed by atoms with E-state index in [1.807, 2.05) is 0 Å². The second kappa shape index (κ2) is 6.59. The van der Waals surface area contributed by atoms with Crippen LogP contribution in [0.5, 0.6) is 5.75 Å². The number of carbonyl (C=O) groups excluding carboxylic acids is 1. The number of hydrogen-bond acceptors (Lipinski definition) is 2. The Morgan fingerprint density at radius 1 is 1.29 bits per heavy atom. The van der Waals surface area contributed by atoms with Gasteiger partial charge in [-0.1, -0.05) is 13.0 Å². The lowest BCUT2D eigenvalue weighted by Crippen LogP contribution is -2.33. The Balaban J connectivity index is 1.89. The minimum Gasteiger partial charge on any atom is -0.487 e. The zero-order chi connectivity index (χ0) is 17.3. The molecule has 1 atom stereocenters. The minimum absolute atomic E-state index is 0.0462. The number of rotatable bonds is 4. The van der Waals surface area contributed by atoms with Crippen LogP contribution in [0.25, 0.3) is 11.1 Å². The van der Waals surface area contributed by atoms with Gasteiger partial charge in [-0.15, -0.1) is 0 Å². The Hall–Kier alpha value is -2.43. The van der Waals surface area contributed by atoms with E-state index in [1.54, 1.807) is 26.0 Å². The molecule has 0 fully saturated rings. The first-order valence-electron chi connectivity index (χ1n) is 8.00. The second-order valence-electron chi connectivity index (χ2n) is 6.01. The van der Waals surface area contributed by atoms with Crippen molar-refractivity contribution in [2.24, 2.45) is 0 Å². The first-order chi connectivity index (χ1) is 11.5. The van der Waals surface area contributed by atoms with Gasteiger partial charge in [0, 0.05) is 24.0 Å². The van der Waals surface area contributed by atoms with Crippen LogP contribution in [0.1, 0.15) is 24.5 Å². The van der Waals surface area contributed by atoms with Gasteiger partial charge in [0.15, 0.2) is 0 Å². The van der Waals surface area contributed by atoms with Crippen LogP contribution >= 0.6 is 0 Å². The van der Waals surface area contributed by atoms with E-state index in [4.69, 9.17) is 4.74 Å². The molecule has 3 rings (SSSR count). The molecule has 1 aliphatic heterocycles. The largest absolute Gasteiger partial charge is 0.487 e. The van der Waals surface area contributed by atoms with Crippen molar-refractivity contribution >= 4 is 5.91 Å². The maximum absolute atomic E-state index is 14.0. The number of fused-ring (bicyclic) bond motifs is 1. The molecule has 2 aromatic rings. The molecule has 0 radical (unpaired) electrons. The van der Waals surface area contributed by atoms with Crippen molar-refractivity contribution in [3.8, 4) is 16.9 Å². The standard InChI is InChI=1S/C19H19F2NO2/c1-3-18(23)22-10-15-8-13-7-14(20)9-16(19(13)24-15)12-4-5-17(21)11(2)6-12/h4-7,9,15H,3,8,10H2,1-2H3,(H,22,23). The van der Waals surface area contributed by atoms with E-state index in [1.165, 1.54) is 18.2 Å². The van der Waals surface area contributed by atoms with Crippen LogP contribution < -0.4 is 10.1 Å². The number of aryl methyl sites for hydroxylation is 1. The lowest BCUT2D eigenvalue weighted by Gasteiger charge is -2.14. The summed E-state index contributed by atoms with van der Waals surface area (Å²) >= 11 is 0. The van der Waals surface area contributed by atoms with E-state index in [9.17, 15) is 13.6 Å². The Morgan fingerprint density at radius 3 is 2.79 bits per heavy atom. The molecule has 1 amide bonds. The smallest absolute Gasteiger partial charge is 0.219 e. The lowest BCUT2D eigenvalue weighted by molar-refractivity contribution is -0.121. The average molecular weight is 331 g/mol. The molecular weight excluding hydrogens is 312 g/mol. The third kappa shape index (κ3) is 3.25. The van der Waals surface area contributed by atoms with Crippen LogP contribution in [0.15, 0.2) is 30.3 Å². The highest BCUT2D eigenvalue weighted by atomic mass is 19.1. The van der Waals surface area contributed by atoms with Crippen LogP contribution in [0.2, 0.25) is 0 Å². The third-order valence-electron chi connectivity index (χ3n) is 4.18. The SMILES string of the molecule is CCC(=O)NCC1Cc2cc(F)cc(-c3ccc(F)c(C)c3)c2O1. The average Bonchev–Trinajstić information content (AvgIpc) is 2.97. The Labute approximate surface area is 139 Å². The fourth-order valence-corrected chi connectivity index (χ4v) is 2.89. The van der Waals surface area contributed by atoms with Crippen LogP contribution in [-0.2, 0) is 11.2 Å². The van der Waals surface area contributed by atoms with Crippen molar-refractivity contribution in [3.63, 3.8) is 0 Å². The molecule has 0 saturated heterocycles. The molecule has 1 unspecified atom stereocenters. The van der Waals surface area contributed by atoms with E-state index in [0.29, 0.717) is 41.8 Å². The van der Waals surface area contributed by atoms with Gasteiger partial charge in [-0.2, -0.15) is 0 Å². The van der Waals surface area contributed by atoms with Crippen LogP contribution in [0.4, 0.5) is 8.78 Å². The van der Waals surface area contributed by atoms with Gasteiger partial charge < -0.3 is 10.1 Å². The van der Waals surface area contributed by atoms with Crippen molar-refractivity contribution in [2.75, 3.05) is 6.54 Å². The van der Waals surface area contributed by atoms with E-state index in [-0.39, 0.29) is 23.6 Å². The number of amides is 1. The molecule has 1 heterocycles. The summed E-state index contributed by atoms with van der Waals surface area (Å²) in [6.45, 7) is 3.83. The summed E-state index contributed by atoms with van der Waals surface area (Å²) in [6.07, 6.45) is 0.719. The summed E-state index contributed by atoms with van der Waals surface area (Å²) in [5.74, 6) is -0.0891. The van der Waals surface area contributed by atoms with E-state index < -0.39 is 0 Å². The fraction of sp³-hybridized carbons (Fsp3) is 0.316. The van der Waals surface area contributed by atoms with Crippen molar-refractivity contribution < 1.29 is 18.3 Å². The first kappa shape index (κ1) is 16.4. The monoisotopic (exact) mass is 331 g/mol. The number of carbonyl (C=O) groups is 1. The molecular formula is C19H19F2NO2. The van der Waals surface area contributed by atoms with E-state index in [0.717, 1.165) is 5.56 Å². The molecule has 2 aromatic carbocycles. The molecule has 5 heteroatoms. The number of ether oxygens (including phenoxy) is 1. The normalized spacial score (nSPS) is 15.8. The Morgan fingerprint density at radius 2 is 2.08 bits per heavy atom. The van der Waals surface area contributed by atoms with Gasteiger partial charge in [-0.3, -0.25) is 4.79 Å². The maximum Gasteiger partial charge on any atom is 0.219 e. The predicted molar refractivity (Wildman–Crippen MR) is 88.0 cm³/mol. The minimum atomic E-state index is -0.354. The Kier molecular flexibility index (Phi) is 4.51. The molecule has 0 saturated carbocycles. The molecule has 3 nitrogen and oxygen atoms in total. The molecule has 126 valence electrons. The molecule has 0 aromatic heterocycles. The summed E-state index contributed by atoms with van der Waals surface area (Å²) in [7, 11) is 0. The second-order valence-corrected chi connectivity index (χ2v) is 6.01. The molecule has 0 spiro atoms. The van der Waals surface area contributed by atoms with Gasteiger partial charge in [0.25, 0.3) is 0 Å². The first-order valence-corrected chi connectivity index (χ1v) is 8.00. The van der Waals surface area contributed by atoms with Crippen molar-refractivity contribution in [3.05, 3.63) is 53.1 Å². The third-order valence-corrected chi connectivity index (χ3v) is 4.18. The van der Waals surface area contributed by atoms with Crippen molar-refractivity contribution in [1.82, 2.24) is 5.32 Å². The van der Waals surface area contributed by atoms with Crippen molar-refractivity contribution in [2.45, 2.75) is 32.8 Å². The maximum atomic E-state index is 14.0. The fourth-order valence-electron chi connectivity index (χ4n) is 2.89. The predicted octanol–water partition coefficient (Wildman–Crippen LogP) is 3.77. The van der Waals surface area contributed by atoms with Crippen LogP contribution in [0, 0.1) is 18.6 Å². The zero-order valence-corrected chi connectivity index (χ0v) is 13.7. The van der Waals surface area contributed by atoms with Gasteiger partial charge in [0.1, 0.15) is 23.5 Å². The number of hydrogen-bond donors (Lipinski definition) is 1. The van der Waals surface area contributed by atoms with Gasteiger partial charge in [0.05, 0.1) is 6.54 Å². The number of benzene rings is 2. The topological polar surface area (TPSA) is 38.3 Å². The molecule has 1 aliphatic rings. The van der Waals surface area contributed by atoms with Gasteiger partial charge in [-0.05, 0) is 42.3 Å². The highest BCUT2D eigenvalue weighted by molar-refractivity contribution is 5.76. The summed E-state index contributed by atoms with van der Waals surface area (Å²) in [5, 5.41) is 2.79. The molecule has 0 bridgehead atoms. The van der Waals surface area contributed by atoms with Gasteiger partial charge in [0.2, 0.25) is 5.91 Å². The quantitative estimate of drug-likeness (QED) is 0.926. The van der Waals surface area contributed by atoms with Crippen molar-refractivity contribution in [1.29, 1.82) is 0 Å². The number of nitrogens with one attached hydrogen (secondary N) is 1. The molecule has 24 heavy (non-hydrogen) atoms. The Bertz CT molecular complexity index is 789. The molecule has 0 aliphatic carbocycles. The van der Waals surface area contributed by atoms with Crippen LogP contribution in [-0.4, -0.2) is 18.6 Å². The highest BCUT2D eigenvalue weighted by Gasteiger charge is 2.27. The summed E-state index contributed by atoms with van der Waals surface area (Å²) < 4.78 is 33.4. The lowest BCUT2D eigenvalue weighted by atomic mass is 9.99. The highest BCUT2D eigenvalue weighted by Crippen LogP contribution is 2.40. The van der Waals surface area contributed by atoms with Gasteiger partial charge >= 0.3 is 0 Å². The molecule has 1 N–H and O–H groups in total. The summed E-state index contributed by atoms with van der Waals surface area (Å²) in [5.41, 5.74) is 2.58. The zero-order valence-electron chi connectivity index (χ0n) is 13.7. The van der Waals surface area contributed by atoms with Gasteiger partial charge in [-0.25, -0.2) is 8.78 Å².